The zero-order valence-corrected chi connectivity index (χ0v) is 63.9. The van der Waals surface area contributed by atoms with Crippen molar-refractivity contribution in [3.8, 4) is 0 Å². The summed E-state index contributed by atoms with van der Waals surface area (Å²) < 4.78 is 165. The van der Waals surface area contributed by atoms with Gasteiger partial charge in [0.15, 0.2) is 0 Å². The Hall–Kier alpha value is -1.24. The van der Waals surface area contributed by atoms with Crippen LogP contribution in [0.15, 0.2) is 0 Å². The van der Waals surface area contributed by atoms with Crippen molar-refractivity contribution in [3.63, 3.8) is 0 Å². The number of ether oxygens (including phenoxy) is 30. The van der Waals surface area contributed by atoms with E-state index in [4.69, 9.17) is 147 Å². The maximum Gasteiger partial charge on any atom is 0.0701 e. The average molecular weight is 1510 g/mol. The molecule has 0 aromatic carbocycles. The highest BCUT2D eigenvalue weighted by molar-refractivity contribution is 4.49. The van der Waals surface area contributed by atoms with Crippen LogP contribution in [-0.4, -0.2) is 408 Å². The van der Waals surface area contributed by atoms with Crippen LogP contribution in [0.2, 0.25) is 0 Å². The molecule has 0 heterocycles. The van der Waals surface area contributed by atoms with Crippen LogP contribution in [0.25, 0.3) is 0 Å². The van der Waals surface area contributed by atoms with Gasteiger partial charge < -0.3 is 147 Å². The monoisotopic (exact) mass is 1510 g/mol. The fraction of sp³-hybridized carbons (Fsp3) is 1.00. The van der Waals surface area contributed by atoms with Gasteiger partial charge in [-0.1, -0.05) is 64.7 Å². The van der Waals surface area contributed by atoms with E-state index in [2.05, 4.69) is 6.92 Å². The zero-order valence-electron chi connectivity index (χ0n) is 63.9. The molecular weight excluding hydrogens is 1360 g/mol. The van der Waals surface area contributed by atoms with Gasteiger partial charge in [0.05, 0.1) is 396 Å². The minimum Gasteiger partial charge on any atom is -0.394 e. The molecule has 0 aliphatic carbocycles. The van der Waals surface area contributed by atoms with Gasteiger partial charge in [0.2, 0.25) is 0 Å². The first-order valence-corrected chi connectivity index (χ1v) is 38.3. The van der Waals surface area contributed by atoms with E-state index in [0.717, 1.165) is 13.0 Å². The Morgan fingerprint density at radius 3 is 0.301 bits per heavy atom. The molecule has 0 unspecified atom stereocenters. The lowest BCUT2D eigenvalue weighted by atomic mass is 10.1. The quantitative estimate of drug-likeness (QED) is 0.0825. The second kappa shape index (κ2) is 101. The molecule has 0 amide bonds. The van der Waals surface area contributed by atoms with Crippen LogP contribution < -0.4 is 0 Å². The Morgan fingerprint density at radius 1 is 0.107 bits per heavy atom. The number of aliphatic hydroxyl groups is 1. The smallest absolute Gasteiger partial charge is 0.0701 e. The van der Waals surface area contributed by atoms with Gasteiger partial charge in [0.25, 0.3) is 0 Å². The Kier molecular flexibility index (Phi) is 99.5. The first-order chi connectivity index (χ1) is 51.4. The first-order valence-electron chi connectivity index (χ1n) is 38.3. The molecule has 0 radical (unpaired) electrons. The number of unbranched alkanes of at least 4 members (excludes halogenated alkanes) is 9. The SMILES string of the molecule is CCCCCCCCCCCCOCCOCCOCCOCCOCCOCCOCCOCCOCCOCCOCCOCCOCCOCCOCCOCCOCCOCCOCCOCCOCCOCCOCCOCCOCCOCCOCCOCCOCCOCCO. The van der Waals surface area contributed by atoms with E-state index < -0.39 is 0 Å². The van der Waals surface area contributed by atoms with Gasteiger partial charge in [-0.25, -0.2) is 0 Å². The molecule has 0 fully saturated rings. The normalized spacial score (nSPS) is 11.8. The highest BCUT2D eigenvalue weighted by atomic mass is 16.6. The molecule has 1 N–H and O–H groups in total. The topological polar surface area (TPSA) is 297 Å². The summed E-state index contributed by atoms with van der Waals surface area (Å²) in [5.74, 6) is 0. The number of hydrogen-bond acceptors (Lipinski definition) is 31. The highest BCUT2D eigenvalue weighted by Crippen LogP contribution is 2.10. The van der Waals surface area contributed by atoms with Gasteiger partial charge >= 0.3 is 0 Å². The van der Waals surface area contributed by atoms with E-state index in [1.807, 2.05) is 0 Å². The van der Waals surface area contributed by atoms with Crippen molar-refractivity contribution in [3.05, 3.63) is 0 Å². The molecule has 0 spiro atoms. The molecule has 31 heteroatoms. The van der Waals surface area contributed by atoms with Crippen molar-refractivity contribution >= 4 is 0 Å². The van der Waals surface area contributed by atoms with Gasteiger partial charge in [0.1, 0.15) is 0 Å². The summed E-state index contributed by atoms with van der Waals surface area (Å²) in [4.78, 5) is 0. The molecule has 0 aliphatic rings. The van der Waals surface area contributed by atoms with E-state index in [-0.39, 0.29) is 6.61 Å². The van der Waals surface area contributed by atoms with Gasteiger partial charge in [-0.2, -0.15) is 0 Å². The minimum atomic E-state index is 0.0167. The van der Waals surface area contributed by atoms with Crippen LogP contribution >= 0.6 is 0 Å². The van der Waals surface area contributed by atoms with Gasteiger partial charge in [-0.15, -0.1) is 0 Å². The summed E-state index contributed by atoms with van der Waals surface area (Å²) in [5.41, 5.74) is 0. The van der Waals surface area contributed by atoms with Crippen molar-refractivity contribution in [1.29, 1.82) is 0 Å². The van der Waals surface area contributed by atoms with Crippen molar-refractivity contribution in [2.45, 2.75) is 71.1 Å². The van der Waals surface area contributed by atoms with E-state index in [0.29, 0.717) is 390 Å². The summed E-state index contributed by atoms with van der Waals surface area (Å²) in [5, 5.41) is 8.62. The highest BCUT2D eigenvalue weighted by Gasteiger charge is 2.03. The summed E-state index contributed by atoms with van der Waals surface area (Å²) in [6, 6.07) is 0. The Morgan fingerprint density at radius 2 is 0.194 bits per heavy atom. The van der Waals surface area contributed by atoms with Crippen molar-refractivity contribution in [2.24, 2.45) is 0 Å². The fourth-order valence-corrected chi connectivity index (χ4v) is 8.24. The summed E-state index contributed by atoms with van der Waals surface area (Å²) in [6.45, 7) is 32.1. The van der Waals surface area contributed by atoms with Gasteiger partial charge in [0, 0.05) is 6.61 Å². The molecule has 31 nitrogen and oxygen atoms in total. The third kappa shape index (κ3) is 101. The molecule has 0 aliphatic heterocycles. The van der Waals surface area contributed by atoms with Crippen molar-refractivity contribution < 1.29 is 147 Å². The lowest BCUT2D eigenvalue weighted by Gasteiger charge is -2.09. The fourth-order valence-electron chi connectivity index (χ4n) is 8.24. The van der Waals surface area contributed by atoms with E-state index >= 15 is 0 Å². The summed E-state index contributed by atoms with van der Waals surface area (Å²) in [7, 11) is 0. The molecule has 0 aromatic rings. The van der Waals surface area contributed by atoms with Gasteiger partial charge in [-0.3, -0.25) is 0 Å². The Bertz CT molecular complexity index is 1330. The standard InChI is InChI=1S/C72H146O31/c1-2-3-4-5-6-7-8-9-10-11-13-74-15-17-76-19-21-78-23-25-80-27-29-82-31-33-84-35-37-86-39-41-88-43-45-90-47-49-92-51-53-94-55-57-96-59-61-98-63-65-100-67-69-102-71-72-103-70-68-101-66-64-99-62-60-97-58-56-95-54-52-93-50-48-91-46-44-89-42-40-87-38-36-85-34-32-83-30-28-81-26-24-79-22-20-77-18-16-75-14-12-73/h73H,2-72H2,1H3. The van der Waals surface area contributed by atoms with Crippen LogP contribution in [0.5, 0.6) is 0 Å². The molecule has 0 saturated carbocycles. The van der Waals surface area contributed by atoms with Crippen LogP contribution in [0.3, 0.4) is 0 Å². The predicted molar refractivity (Wildman–Crippen MR) is 383 cm³/mol. The Labute approximate surface area is 619 Å². The molecule has 0 bridgehead atoms. The largest absolute Gasteiger partial charge is 0.394 e. The molecule has 0 saturated heterocycles. The molecule has 0 aromatic heterocycles. The second-order valence-corrected chi connectivity index (χ2v) is 22.3. The van der Waals surface area contributed by atoms with E-state index in [1.54, 1.807) is 0 Å². The van der Waals surface area contributed by atoms with Crippen LogP contribution in [-0.2, 0) is 142 Å². The minimum absolute atomic E-state index is 0.0167. The van der Waals surface area contributed by atoms with Gasteiger partial charge in [-0.05, 0) is 6.42 Å². The lowest BCUT2D eigenvalue weighted by molar-refractivity contribution is -0.0325. The zero-order chi connectivity index (χ0) is 73.4. The molecule has 103 heavy (non-hydrogen) atoms. The third-order valence-corrected chi connectivity index (χ3v) is 13.7. The maximum absolute atomic E-state index is 8.62. The maximum atomic E-state index is 8.62. The number of aliphatic hydroxyl groups excluding tert-OH is 1. The molecular formula is C72H146O31. The van der Waals surface area contributed by atoms with Crippen molar-refractivity contribution in [1.82, 2.24) is 0 Å². The van der Waals surface area contributed by atoms with Crippen LogP contribution in [0.4, 0.5) is 0 Å². The van der Waals surface area contributed by atoms with Crippen LogP contribution in [0, 0.1) is 0 Å². The molecule has 620 valence electrons. The van der Waals surface area contributed by atoms with E-state index in [9.17, 15) is 0 Å². The molecule has 0 rings (SSSR count). The third-order valence-electron chi connectivity index (χ3n) is 13.7. The van der Waals surface area contributed by atoms with E-state index in [1.165, 1.54) is 57.8 Å². The van der Waals surface area contributed by atoms with Crippen LogP contribution in [0.1, 0.15) is 71.1 Å². The second-order valence-electron chi connectivity index (χ2n) is 22.3. The lowest BCUT2D eigenvalue weighted by Crippen LogP contribution is -2.16. The molecule has 0 atom stereocenters. The number of hydrogen-bond donors (Lipinski definition) is 1. The predicted octanol–water partition coefficient (Wildman–Crippen LogP) is 4.40. The summed E-state index contributed by atoms with van der Waals surface area (Å²) >= 11 is 0. The summed E-state index contributed by atoms with van der Waals surface area (Å²) in [6.07, 6.45) is 13.3. The average Bonchev–Trinajstić information content (AvgIpc) is 3.71. The first kappa shape index (κ1) is 102. The van der Waals surface area contributed by atoms with Crippen molar-refractivity contribution in [2.75, 3.05) is 403 Å². The number of rotatable bonds is 100. The Balaban J connectivity index is 3.09.